The molecule has 0 saturated carbocycles. The minimum absolute atomic E-state index is 0.129. The van der Waals surface area contributed by atoms with Crippen molar-refractivity contribution in [2.45, 2.75) is 26.4 Å². The molecular weight excluding hydrogens is 144 g/mol. The van der Waals surface area contributed by atoms with Crippen molar-refractivity contribution in [2.24, 2.45) is 0 Å². The molecule has 0 aromatic rings. The van der Waals surface area contributed by atoms with Crippen LogP contribution in [0.25, 0.3) is 0 Å². The van der Waals surface area contributed by atoms with Crippen LogP contribution in [0.2, 0.25) is 0 Å². The second-order valence-electron chi connectivity index (χ2n) is 2.40. The molecule has 0 aliphatic rings. The summed E-state index contributed by atoms with van der Waals surface area (Å²) in [5.41, 5.74) is 0.358. The van der Waals surface area contributed by atoms with Crippen molar-refractivity contribution < 1.29 is 14.6 Å². The van der Waals surface area contributed by atoms with E-state index in [1.165, 1.54) is 0 Å². The topological polar surface area (TPSA) is 46.5 Å². The Morgan fingerprint density at radius 2 is 2.27 bits per heavy atom. The largest absolute Gasteiger partial charge is 0.457 e. The molecule has 0 bridgehead atoms. The number of aliphatic hydroxyl groups is 1. The van der Waals surface area contributed by atoms with E-state index in [0.717, 1.165) is 0 Å². The van der Waals surface area contributed by atoms with Gasteiger partial charge in [-0.2, -0.15) is 0 Å². The maximum atomic E-state index is 10.8. The molecule has 64 valence electrons. The first-order chi connectivity index (χ1) is 5.11. The van der Waals surface area contributed by atoms with Crippen LogP contribution in [-0.2, 0) is 9.53 Å². The quantitative estimate of drug-likeness (QED) is 0.488. The summed E-state index contributed by atoms with van der Waals surface area (Å²) >= 11 is 0. The van der Waals surface area contributed by atoms with Crippen LogP contribution in [0.3, 0.4) is 0 Å². The molecular formula is C8H14O3. The van der Waals surface area contributed by atoms with Crippen molar-refractivity contribution in [3.05, 3.63) is 12.2 Å². The monoisotopic (exact) mass is 158 g/mol. The molecule has 3 heteroatoms. The number of carbonyl (C=O) groups excluding carboxylic acids is 1. The Balaban J connectivity index is 3.81. The third-order valence-corrected chi connectivity index (χ3v) is 1.28. The van der Waals surface area contributed by atoms with Crippen LogP contribution in [0.15, 0.2) is 12.2 Å². The lowest BCUT2D eigenvalue weighted by atomic mass is 10.3. The third-order valence-electron chi connectivity index (χ3n) is 1.28. The maximum absolute atomic E-state index is 10.8. The van der Waals surface area contributed by atoms with Crippen molar-refractivity contribution in [3.8, 4) is 0 Å². The van der Waals surface area contributed by atoms with Crippen molar-refractivity contribution >= 4 is 5.97 Å². The van der Waals surface area contributed by atoms with Gasteiger partial charge in [-0.25, -0.2) is 4.79 Å². The van der Waals surface area contributed by atoms with Crippen LogP contribution >= 0.6 is 0 Å². The van der Waals surface area contributed by atoms with Crippen molar-refractivity contribution in [2.75, 3.05) is 6.61 Å². The molecule has 0 heterocycles. The molecule has 0 aromatic heterocycles. The lowest BCUT2D eigenvalue weighted by Gasteiger charge is -2.12. The molecule has 0 rings (SSSR count). The zero-order valence-corrected chi connectivity index (χ0v) is 6.96. The Labute approximate surface area is 66.7 Å². The standard InChI is InChI=1S/C8H14O3/c1-4-7(5-9)11-8(10)6(2)3/h7,9H,2,4-5H2,1,3H3. The number of carbonyl (C=O) groups is 1. The van der Waals surface area contributed by atoms with Gasteiger partial charge in [0.2, 0.25) is 0 Å². The van der Waals surface area contributed by atoms with E-state index in [1.54, 1.807) is 6.92 Å². The average Bonchev–Trinajstić information content (AvgIpc) is 1.99. The number of esters is 1. The molecule has 0 aliphatic heterocycles. The van der Waals surface area contributed by atoms with E-state index in [2.05, 4.69) is 6.58 Å². The number of hydrogen-bond donors (Lipinski definition) is 1. The van der Waals surface area contributed by atoms with E-state index in [9.17, 15) is 4.79 Å². The highest BCUT2D eigenvalue weighted by Gasteiger charge is 2.10. The summed E-state index contributed by atoms with van der Waals surface area (Å²) in [6.07, 6.45) is 0.231. The van der Waals surface area contributed by atoms with Gasteiger partial charge in [-0.15, -0.1) is 0 Å². The van der Waals surface area contributed by atoms with Gasteiger partial charge >= 0.3 is 5.97 Å². The summed E-state index contributed by atoms with van der Waals surface area (Å²) in [6.45, 7) is 6.71. The van der Waals surface area contributed by atoms with Gasteiger partial charge in [-0.05, 0) is 13.3 Å². The van der Waals surface area contributed by atoms with E-state index < -0.39 is 5.97 Å². The second-order valence-corrected chi connectivity index (χ2v) is 2.40. The number of rotatable bonds is 4. The predicted molar refractivity (Wildman–Crippen MR) is 42.1 cm³/mol. The van der Waals surface area contributed by atoms with Crippen LogP contribution in [0.5, 0.6) is 0 Å². The van der Waals surface area contributed by atoms with Gasteiger partial charge in [0.15, 0.2) is 0 Å². The molecule has 0 spiro atoms. The first-order valence-corrected chi connectivity index (χ1v) is 3.59. The van der Waals surface area contributed by atoms with E-state index in [-0.39, 0.29) is 12.7 Å². The van der Waals surface area contributed by atoms with Crippen LogP contribution in [0, 0.1) is 0 Å². The molecule has 0 fully saturated rings. The third kappa shape index (κ3) is 3.78. The van der Waals surface area contributed by atoms with Gasteiger partial charge in [0.25, 0.3) is 0 Å². The highest BCUT2D eigenvalue weighted by molar-refractivity contribution is 5.87. The molecule has 1 N–H and O–H groups in total. The summed E-state index contributed by atoms with van der Waals surface area (Å²) in [7, 11) is 0. The molecule has 11 heavy (non-hydrogen) atoms. The molecule has 0 aliphatic carbocycles. The molecule has 3 nitrogen and oxygen atoms in total. The summed E-state index contributed by atoms with van der Waals surface area (Å²) in [4.78, 5) is 10.8. The molecule has 0 amide bonds. The minimum Gasteiger partial charge on any atom is -0.457 e. The van der Waals surface area contributed by atoms with Crippen LogP contribution < -0.4 is 0 Å². The van der Waals surface area contributed by atoms with Crippen molar-refractivity contribution in [1.82, 2.24) is 0 Å². The summed E-state index contributed by atoms with van der Waals surface area (Å²) in [5.74, 6) is -0.439. The first kappa shape index (κ1) is 10.2. The van der Waals surface area contributed by atoms with E-state index in [4.69, 9.17) is 9.84 Å². The Kier molecular flexibility index (Phi) is 4.54. The SMILES string of the molecule is C=C(C)C(=O)OC(CC)CO. The Bertz CT molecular complexity index is 147. The van der Waals surface area contributed by atoms with Gasteiger partial charge in [-0.1, -0.05) is 13.5 Å². The van der Waals surface area contributed by atoms with Crippen LogP contribution in [0.1, 0.15) is 20.3 Å². The fraction of sp³-hybridized carbons (Fsp3) is 0.625. The Hall–Kier alpha value is -0.830. The molecule has 0 aromatic carbocycles. The van der Waals surface area contributed by atoms with Gasteiger partial charge in [0.1, 0.15) is 6.10 Å². The fourth-order valence-corrected chi connectivity index (χ4v) is 0.502. The highest BCUT2D eigenvalue weighted by Crippen LogP contribution is 2.01. The fourth-order valence-electron chi connectivity index (χ4n) is 0.502. The highest BCUT2D eigenvalue weighted by atomic mass is 16.6. The van der Waals surface area contributed by atoms with Crippen LogP contribution in [0.4, 0.5) is 0 Å². The first-order valence-electron chi connectivity index (χ1n) is 3.59. The zero-order chi connectivity index (χ0) is 8.85. The Morgan fingerprint density at radius 3 is 2.55 bits per heavy atom. The molecule has 0 radical (unpaired) electrons. The normalized spacial score (nSPS) is 12.3. The van der Waals surface area contributed by atoms with E-state index in [1.807, 2.05) is 6.92 Å². The molecule has 1 atom stereocenters. The molecule has 1 unspecified atom stereocenters. The average molecular weight is 158 g/mol. The van der Waals surface area contributed by atoms with Gasteiger partial charge in [0.05, 0.1) is 6.61 Å². The second kappa shape index (κ2) is 4.91. The maximum Gasteiger partial charge on any atom is 0.333 e. The zero-order valence-electron chi connectivity index (χ0n) is 6.96. The Morgan fingerprint density at radius 1 is 1.73 bits per heavy atom. The summed E-state index contributed by atoms with van der Waals surface area (Å²) in [6, 6.07) is 0. The summed E-state index contributed by atoms with van der Waals surface area (Å²) < 4.78 is 4.82. The molecule has 0 saturated heterocycles. The van der Waals surface area contributed by atoms with Gasteiger partial charge in [-0.3, -0.25) is 0 Å². The minimum atomic E-state index is -0.439. The van der Waals surface area contributed by atoms with E-state index >= 15 is 0 Å². The lowest BCUT2D eigenvalue weighted by Crippen LogP contribution is -2.21. The van der Waals surface area contributed by atoms with E-state index in [0.29, 0.717) is 12.0 Å². The summed E-state index contributed by atoms with van der Waals surface area (Å²) in [5, 5.41) is 8.65. The lowest BCUT2D eigenvalue weighted by molar-refractivity contribution is -0.146. The number of hydrogen-bond acceptors (Lipinski definition) is 3. The van der Waals surface area contributed by atoms with Gasteiger partial charge < -0.3 is 9.84 Å². The van der Waals surface area contributed by atoms with Gasteiger partial charge in [0, 0.05) is 5.57 Å². The van der Waals surface area contributed by atoms with Crippen molar-refractivity contribution in [3.63, 3.8) is 0 Å². The predicted octanol–water partition coefficient (Wildman–Crippen LogP) is 0.877. The number of aliphatic hydroxyl groups excluding tert-OH is 1. The smallest absolute Gasteiger partial charge is 0.333 e. The van der Waals surface area contributed by atoms with Crippen molar-refractivity contribution in [1.29, 1.82) is 0 Å². The van der Waals surface area contributed by atoms with Crippen LogP contribution in [-0.4, -0.2) is 23.8 Å². The number of ether oxygens (including phenoxy) is 1.